The first-order chi connectivity index (χ1) is 14.3. The summed E-state index contributed by atoms with van der Waals surface area (Å²) in [4.78, 5) is 18.2. The molecule has 8 nitrogen and oxygen atoms in total. The molecule has 1 aliphatic rings. The van der Waals surface area contributed by atoms with Gasteiger partial charge in [0.2, 0.25) is 0 Å². The molecular formula is C22H28N2O6. The molecule has 0 radical (unpaired) electrons. The quantitative estimate of drug-likeness (QED) is 0.263. The highest BCUT2D eigenvalue weighted by molar-refractivity contribution is 6.27. The Morgan fingerprint density at radius 2 is 1.87 bits per heavy atom. The van der Waals surface area contributed by atoms with Gasteiger partial charge in [-0.05, 0) is 80.1 Å². The number of hydrogen-bond acceptors (Lipinski definition) is 6. The first-order valence-corrected chi connectivity index (χ1v) is 9.81. The van der Waals surface area contributed by atoms with Gasteiger partial charge in [-0.15, -0.1) is 0 Å². The molecule has 2 aromatic carbocycles. The SMILES string of the molecule is Nc1cccc(OCCCNCC2CCc3ccc(O)cc3C2)c1.O=C(O)C(=O)O. The lowest BCUT2D eigenvalue weighted by Crippen LogP contribution is -2.28. The fourth-order valence-corrected chi connectivity index (χ4v) is 3.29. The summed E-state index contributed by atoms with van der Waals surface area (Å²) in [6.07, 6.45) is 4.35. The van der Waals surface area contributed by atoms with Crippen molar-refractivity contribution < 1.29 is 29.6 Å². The maximum absolute atomic E-state index is 9.62. The van der Waals surface area contributed by atoms with Crippen LogP contribution in [0.15, 0.2) is 42.5 Å². The van der Waals surface area contributed by atoms with Crippen molar-refractivity contribution in [3.63, 3.8) is 0 Å². The summed E-state index contributed by atoms with van der Waals surface area (Å²) in [5, 5.41) is 27.9. The summed E-state index contributed by atoms with van der Waals surface area (Å²) in [6.45, 7) is 2.66. The fraction of sp³-hybridized carbons (Fsp3) is 0.364. The van der Waals surface area contributed by atoms with Crippen LogP contribution >= 0.6 is 0 Å². The third-order valence-corrected chi connectivity index (χ3v) is 4.76. The monoisotopic (exact) mass is 416 g/mol. The van der Waals surface area contributed by atoms with Gasteiger partial charge in [-0.1, -0.05) is 12.1 Å². The molecule has 6 N–H and O–H groups in total. The third kappa shape index (κ3) is 8.00. The molecule has 162 valence electrons. The molecule has 1 atom stereocenters. The van der Waals surface area contributed by atoms with Crippen LogP contribution in [-0.4, -0.2) is 47.0 Å². The van der Waals surface area contributed by atoms with Crippen LogP contribution < -0.4 is 15.8 Å². The molecule has 0 amide bonds. The van der Waals surface area contributed by atoms with Crippen molar-refractivity contribution in [2.24, 2.45) is 5.92 Å². The number of carbonyl (C=O) groups is 2. The van der Waals surface area contributed by atoms with Crippen LogP contribution in [0, 0.1) is 5.92 Å². The standard InChI is InChI=1S/C20H26N2O2.C2H2O4/c21-18-3-1-4-20(13-18)24-10-2-9-22-14-15-5-6-16-7-8-19(23)12-17(16)11-15;3-1(4)2(5)6/h1,3-4,7-8,12-13,15,22-23H,2,5-6,9-11,14,21H2;(H,3,4)(H,5,6). The Morgan fingerprint density at radius 1 is 1.10 bits per heavy atom. The van der Waals surface area contributed by atoms with Gasteiger partial charge in [-0.3, -0.25) is 0 Å². The van der Waals surface area contributed by atoms with E-state index in [1.165, 1.54) is 17.5 Å². The van der Waals surface area contributed by atoms with E-state index in [4.69, 9.17) is 30.3 Å². The van der Waals surface area contributed by atoms with Gasteiger partial charge in [-0.25, -0.2) is 9.59 Å². The normalized spacial score (nSPS) is 14.7. The summed E-state index contributed by atoms with van der Waals surface area (Å²) in [5.74, 6) is -1.79. The Kier molecular flexibility index (Phi) is 8.96. The summed E-state index contributed by atoms with van der Waals surface area (Å²) in [6, 6.07) is 13.3. The molecule has 1 unspecified atom stereocenters. The van der Waals surface area contributed by atoms with E-state index in [0.717, 1.165) is 43.8 Å². The van der Waals surface area contributed by atoms with Gasteiger partial charge in [0.1, 0.15) is 11.5 Å². The molecule has 0 aliphatic heterocycles. The molecule has 0 aromatic heterocycles. The Labute approximate surface area is 175 Å². The molecule has 3 rings (SSSR count). The lowest BCUT2D eigenvalue weighted by molar-refractivity contribution is -0.159. The predicted octanol–water partition coefficient (Wildman–Crippen LogP) is 2.29. The lowest BCUT2D eigenvalue weighted by atomic mass is 9.84. The van der Waals surface area contributed by atoms with Gasteiger partial charge in [0.15, 0.2) is 0 Å². The minimum atomic E-state index is -1.82. The first-order valence-electron chi connectivity index (χ1n) is 9.81. The zero-order valence-corrected chi connectivity index (χ0v) is 16.7. The van der Waals surface area contributed by atoms with Gasteiger partial charge >= 0.3 is 11.9 Å². The number of ether oxygens (including phenoxy) is 1. The van der Waals surface area contributed by atoms with Crippen molar-refractivity contribution in [3.05, 3.63) is 53.6 Å². The molecule has 8 heteroatoms. The van der Waals surface area contributed by atoms with E-state index < -0.39 is 11.9 Å². The number of nitrogens with two attached hydrogens (primary N) is 1. The Bertz CT molecular complexity index is 843. The second kappa shape index (κ2) is 11.7. The number of anilines is 1. The van der Waals surface area contributed by atoms with Gasteiger partial charge in [0.05, 0.1) is 6.61 Å². The molecule has 0 bridgehead atoms. The van der Waals surface area contributed by atoms with E-state index in [2.05, 4.69) is 11.4 Å². The predicted molar refractivity (Wildman–Crippen MR) is 113 cm³/mol. The minimum Gasteiger partial charge on any atom is -0.508 e. The number of carboxylic acid groups (broad SMARTS) is 2. The second-order valence-electron chi connectivity index (χ2n) is 7.15. The van der Waals surface area contributed by atoms with Gasteiger partial charge < -0.3 is 31.1 Å². The van der Waals surface area contributed by atoms with E-state index in [9.17, 15) is 5.11 Å². The zero-order valence-electron chi connectivity index (χ0n) is 16.7. The number of nitrogens with one attached hydrogen (secondary N) is 1. The molecule has 0 heterocycles. The van der Waals surface area contributed by atoms with E-state index >= 15 is 0 Å². The summed E-state index contributed by atoms with van der Waals surface area (Å²) >= 11 is 0. The second-order valence-corrected chi connectivity index (χ2v) is 7.15. The minimum absolute atomic E-state index is 0.376. The van der Waals surface area contributed by atoms with Gasteiger partial charge in [0.25, 0.3) is 0 Å². The molecule has 0 saturated carbocycles. The highest BCUT2D eigenvalue weighted by Gasteiger charge is 2.18. The molecule has 30 heavy (non-hydrogen) atoms. The summed E-state index contributed by atoms with van der Waals surface area (Å²) in [5.41, 5.74) is 9.15. The van der Waals surface area contributed by atoms with E-state index in [0.29, 0.717) is 18.3 Å². The van der Waals surface area contributed by atoms with Crippen LogP contribution in [-0.2, 0) is 22.4 Å². The number of benzene rings is 2. The van der Waals surface area contributed by atoms with Crippen LogP contribution in [0.2, 0.25) is 0 Å². The smallest absolute Gasteiger partial charge is 0.414 e. The highest BCUT2D eigenvalue weighted by atomic mass is 16.5. The number of carboxylic acids is 2. The summed E-state index contributed by atoms with van der Waals surface area (Å²) in [7, 11) is 0. The van der Waals surface area contributed by atoms with Crippen LogP contribution in [0.1, 0.15) is 24.0 Å². The van der Waals surface area contributed by atoms with Crippen LogP contribution in [0.25, 0.3) is 0 Å². The van der Waals surface area contributed by atoms with Crippen LogP contribution in [0.5, 0.6) is 11.5 Å². The molecule has 0 fully saturated rings. The van der Waals surface area contributed by atoms with Crippen molar-refractivity contribution in [2.45, 2.75) is 25.7 Å². The number of aliphatic carboxylic acids is 2. The topological polar surface area (TPSA) is 142 Å². The van der Waals surface area contributed by atoms with E-state index in [1.807, 2.05) is 30.3 Å². The number of aryl methyl sites for hydroxylation is 1. The Morgan fingerprint density at radius 3 is 2.57 bits per heavy atom. The van der Waals surface area contributed by atoms with E-state index in [-0.39, 0.29) is 0 Å². The number of phenolic OH excluding ortho intramolecular Hbond substituents is 1. The van der Waals surface area contributed by atoms with Crippen molar-refractivity contribution in [2.75, 3.05) is 25.4 Å². The van der Waals surface area contributed by atoms with Crippen molar-refractivity contribution >= 4 is 17.6 Å². The molecule has 1 aliphatic carbocycles. The van der Waals surface area contributed by atoms with Crippen molar-refractivity contribution in [3.8, 4) is 11.5 Å². The van der Waals surface area contributed by atoms with Crippen molar-refractivity contribution in [1.82, 2.24) is 5.32 Å². The first kappa shape index (κ1) is 23.0. The maximum Gasteiger partial charge on any atom is 0.414 e. The third-order valence-electron chi connectivity index (χ3n) is 4.76. The number of fused-ring (bicyclic) bond motifs is 1. The largest absolute Gasteiger partial charge is 0.508 e. The zero-order chi connectivity index (χ0) is 21.9. The summed E-state index contributed by atoms with van der Waals surface area (Å²) < 4.78 is 5.69. The highest BCUT2D eigenvalue weighted by Crippen LogP contribution is 2.27. The molecule has 2 aromatic rings. The molecular weight excluding hydrogens is 388 g/mol. The van der Waals surface area contributed by atoms with E-state index in [1.54, 1.807) is 6.07 Å². The molecule has 0 saturated heterocycles. The van der Waals surface area contributed by atoms with Gasteiger partial charge in [-0.2, -0.15) is 0 Å². The Balaban J connectivity index is 0.000000469. The van der Waals surface area contributed by atoms with Gasteiger partial charge in [0, 0.05) is 11.8 Å². The maximum atomic E-state index is 9.62. The lowest BCUT2D eigenvalue weighted by Gasteiger charge is -2.25. The average molecular weight is 416 g/mol. The number of rotatable bonds is 7. The van der Waals surface area contributed by atoms with Crippen LogP contribution in [0.3, 0.4) is 0 Å². The average Bonchev–Trinajstić information content (AvgIpc) is 2.70. The van der Waals surface area contributed by atoms with Crippen molar-refractivity contribution in [1.29, 1.82) is 0 Å². The fourth-order valence-electron chi connectivity index (χ4n) is 3.29. The number of aromatic hydroxyl groups is 1. The molecule has 0 spiro atoms. The number of phenols is 1. The number of hydrogen-bond donors (Lipinski definition) is 5. The Hall–Kier alpha value is -3.26. The van der Waals surface area contributed by atoms with Crippen LogP contribution in [0.4, 0.5) is 5.69 Å². The number of nitrogen functional groups attached to an aromatic ring is 1.